The van der Waals surface area contributed by atoms with E-state index in [1.807, 2.05) is 6.07 Å². The molecule has 0 radical (unpaired) electrons. The van der Waals surface area contributed by atoms with Gasteiger partial charge in [0.15, 0.2) is 11.5 Å². The molecule has 1 aliphatic rings. The van der Waals surface area contributed by atoms with Gasteiger partial charge in [-0.2, -0.15) is 0 Å². The van der Waals surface area contributed by atoms with Gasteiger partial charge < -0.3 is 15.2 Å². The number of fused-ring (bicyclic) bond motifs is 1. The van der Waals surface area contributed by atoms with Crippen LogP contribution in [0.2, 0.25) is 0 Å². The van der Waals surface area contributed by atoms with Gasteiger partial charge in [0.05, 0.1) is 13.2 Å². The largest absolute Gasteiger partial charge is 0.490 e. The monoisotopic (exact) mass is 301 g/mol. The molecule has 2 N–H and O–H groups in total. The summed E-state index contributed by atoms with van der Waals surface area (Å²) < 4.78 is 11.4. The SMILES string of the molecule is NCCc1ccccc1Sc1ccc2c(c1)OCCCO2. The predicted octanol–water partition coefficient (Wildman–Crippen LogP) is 3.50. The number of hydrogen-bond donors (Lipinski definition) is 1. The number of ether oxygens (including phenoxy) is 2. The van der Waals surface area contributed by atoms with Gasteiger partial charge >= 0.3 is 0 Å². The Balaban J connectivity index is 1.83. The molecule has 0 bridgehead atoms. The molecule has 4 heteroatoms. The summed E-state index contributed by atoms with van der Waals surface area (Å²) in [4.78, 5) is 2.40. The Morgan fingerprint density at radius 2 is 1.81 bits per heavy atom. The molecule has 0 aromatic heterocycles. The van der Waals surface area contributed by atoms with Crippen LogP contribution in [0.25, 0.3) is 0 Å². The van der Waals surface area contributed by atoms with Crippen molar-refractivity contribution in [2.75, 3.05) is 19.8 Å². The molecular formula is C17H19NO2S. The van der Waals surface area contributed by atoms with Crippen LogP contribution in [0, 0.1) is 0 Å². The third-order valence-corrected chi connectivity index (χ3v) is 4.44. The number of nitrogens with two attached hydrogens (primary N) is 1. The first-order valence-electron chi connectivity index (χ1n) is 7.22. The lowest BCUT2D eigenvalue weighted by Crippen LogP contribution is -2.03. The minimum absolute atomic E-state index is 0.665. The van der Waals surface area contributed by atoms with Gasteiger partial charge in [-0.15, -0.1) is 0 Å². The average molecular weight is 301 g/mol. The van der Waals surface area contributed by atoms with Gasteiger partial charge in [0, 0.05) is 16.2 Å². The summed E-state index contributed by atoms with van der Waals surface area (Å²) in [6.07, 6.45) is 1.82. The van der Waals surface area contributed by atoms with Crippen molar-refractivity contribution >= 4 is 11.8 Å². The molecule has 3 nitrogen and oxygen atoms in total. The van der Waals surface area contributed by atoms with Crippen LogP contribution < -0.4 is 15.2 Å². The van der Waals surface area contributed by atoms with E-state index in [0.717, 1.165) is 35.8 Å². The number of benzene rings is 2. The van der Waals surface area contributed by atoms with Crippen molar-refractivity contribution in [1.82, 2.24) is 0 Å². The van der Waals surface area contributed by atoms with Gasteiger partial charge in [-0.25, -0.2) is 0 Å². The van der Waals surface area contributed by atoms with Crippen LogP contribution in [-0.4, -0.2) is 19.8 Å². The van der Waals surface area contributed by atoms with E-state index >= 15 is 0 Å². The molecule has 0 atom stereocenters. The Morgan fingerprint density at radius 3 is 2.67 bits per heavy atom. The van der Waals surface area contributed by atoms with E-state index in [-0.39, 0.29) is 0 Å². The second-order valence-corrected chi connectivity index (χ2v) is 6.02. The zero-order valence-corrected chi connectivity index (χ0v) is 12.7. The summed E-state index contributed by atoms with van der Waals surface area (Å²) in [5.74, 6) is 1.68. The van der Waals surface area contributed by atoms with Gasteiger partial charge in [-0.05, 0) is 42.8 Å². The molecule has 2 aromatic rings. The topological polar surface area (TPSA) is 44.5 Å². The molecule has 0 spiro atoms. The van der Waals surface area contributed by atoms with Gasteiger partial charge in [0.1, 0.15) is 0 Å². The maximum atomic E-state index is 5.75. The van der Waals surface area contributed by atoms with Crippen LogP contribution in [-0.2, 0) is 6.42 Å². The van der Waals surface area contributed by atoms with Crippen LogP contribution in [0.3, 0.4) is 0 Å². The Labute approximate surface area is 129 Å². The van der Waals surface area contributed by atoms with E-state index in [0.29, 0.717) is 13.2 Å². The Morgan fingerprint density at radius 1 is 1.00 bits per heavy atom. The van der Waals surface area contributed by atoms with E-state index < -0.39 is 0 Å². The fourth-order valence-corrected chi connectivity index (χ4v) is 3.30. The summed E-state index contributed by atoms with van der Waals surface area (Å²) in [5.41, 5.74) is 6.97. The maximum absolute atomic E-state index is 5.75. The molecule has 0 saturated heterocycles. The molecular weight excluding hydrogens is 282 g/mol. The third-order valence-electron chi connectivity index (χ3n) is 3.33. The van der Waals surface area contributed by atoms with Gasteiger partial charge in [0.25, 0.3) is 0 Å². The van der Waals surface area contributed by atoms with Crippen molar-refractivity contribution in [3.63, 3.8) is 0 Å². The highest BCUT2D eigenvalue weighted by atomic mass is 32.2. The molecule has 0 fully saturated rings. The smallest absolute Gasteiger partial charge is 0.162 e. The Hall–Kier alpha value is -1.65. The van der Waals surface area contributed by atoms with E-state index in [9.17, 15) is 0 Å². The molecule has 1 heterocycles. The fourth-order valence-electron chi connectivity index (χ4n) is 2.30. The summed E-state index contributed by atoms with van der Waals surface area (Å²) in [7, 11) is 0. The normalized spacial score (nSPS) is 13.8. The maximum Gasteiger partial charge on any atom is 0.162 e. The molecule has 0 aliphatic carbocycles. The van der Waals surface area contributed by atoms with Gasteiger partial charge in [-0.3, -0.25) is 0 Å². The van der Waals surface area contributed by atoms with Crippen molar-refractivity contribution < 1.29 is 9.47 Å². The van der Waals surface area contributed by atoms with Crippen molar-refractivity contribution in [3.05, 3.63) is 48.0 Å². The van der Waals surface area contributed by atoms with Crippen LogP contribution in [0.5, 0.6) is 11.5 Å². The fraction of sp³-hybridized carbons (Fsp3) is 0.294. The lowest BCUT2D eigenvalue weighted by atomic mass is 10.1. The first-order valence-corrected chi connectivity index (χ1v) is 8.04. The minimum Gasteiger partial charge on any atom is -0.490 e. The second kappa shape index (κ2) is 6.87. The zero-order chi connectivity index (χ0) is 14.5. The molecule has 21 heavy (non-hydrogen) atoms. The quantitative estimate of drug-likeness (QED) is 0.938. The van der Waals surface area contributed by atoms with Crippen molar-refractivity contribution in [2.45, 2.75) is 22.6 Å². The summed E-state index contributed by atoms with van der Waals surface area (Å²) in [6.45, 7) is 2.10. The number of rotatable bonds is 4. The zero-order valence-electron chi connectivity index (χ0n) is 11.9. The van der Waals surface area contributed by atoms with Gasteiger partial charge in [-0.1, -0.05) is 30.0 Å². The molecule has 2 aromatic carbocycles. The Bertz CT molecular complexity index is 615. The van der Waals surface area contributed by atoms with Crippen LogP contribution in [0.4, 0.5) is 0 Å². The molecule has 1 aliphatic heterocycles. The first-order chi connectivity index (χ1) is 10.4. The highest BCUT2D eigenvalue weighted by Crippen LogP contribution is 2.37. The summed E-state index contributed by atoms with van der Waals surface area (Å²) in [5, 5.41) is 0. The number of hydrogen-bond acceptors (Lipinski definition) is 4. The molecule has 0 saturated carbocycles. The van der Waals surface area contributed by atoms with Crippen molar-refractivity contribution in [1.29, 1.82) is 0 Å². The molecule has 0 amide bonds. The van der Waals surface area contributed by atoms with Crippen LogP contribution in [0.15, 0.2) is 52.3 Å². The molecule has 3 rings (SSSR count). The van der Waals surface area contributed by atoms with E-state index in [1.165, 1.54) is 10.5 Å². The molecule has 0 unspecified atom stereocenters. The second-order valence-electron chi connectivity index (χ2n) is 4.91. The highest BCUT2D eigenvalue weighted by Gasteiger charge is 2.12. The van der Waals surface area contributed by atoms with Crippen molar-refractivity contribution in [2.24, 2.45) is 5.73 Å². The summed E-state index contributed by atoms with van der Waals surface area (Å²) in [6, 6.07) is 14.5. The molecule has 110 valence electrons. The lowest BCUT2D eigenvalue weighted by molar-refractivity contribution is 0.297. The van der Waals surface area contributed by atoms with E-state index in [4.69, 9.17) is 15.2 Å². The highest BCUT2D eigenvalue weighted by molar-refractivity contribution is 7.99. The Kier molecular flexibility index (Phi) is 4.68. The van der Waals surface area contributed by atoms with Crippen molar-refractivity contribution in [3.8, 4) is 11.5 Å². The average Bonchev–Trinajstić information content (AvgIpc) is 2.74. The minimum atomic E-state index is 0.665. The standard InChI is InChI=1S/C17H19NO2S/c18-9-8-13-4-1-2-5-17(13)21-14-6-7-15-16(12-14)20-11-3-10-19-15/h1-2,4-7,12H,3,8-11,18H2. The van der Waals surface area contributed by atoms with Crippen LogP contribution in [0.1, 0.15) is 12.0 Å². The van der Waals surface area contributed by atoms with E-state index in [1.54, 1.807) is 11.8 Å². The lowest BCUT2D eigenvalue weighted by Gasteiger charge is -2.11. The van der Waals surface area contributed by atoms with Gasteiger partial charge in [0.2, 0.25) is 0 Å². The van der Waals surface area contributed by atoms with E-state index in [2.05, 4.69) is 36.4 Å². The van der Waals surface area contributed by atoms with Crippen LogP contribution >= 0.6 is 11.8 Å². The predicted molar refractivity (Wildman–Crippen MR) is 85.4 cm³/mol. The summed E-state index contributed by atoms with van der Waals surface area (Å²) >= 11 is 1.74. The first kappa shape index (κ1) is 14.3. The third kappa shape index (κ3) is 3.52.